The highest BCUT2D eigenvalue weighted by Crippen LogP contribution is 2.43. The fourth-order valence-electron chi connectivity index (χ4n) is 6.19. The van der Waals surface area contributed by atoms with Crippen molar-refractivity contribution in [1.29, 1.82) is 5.41 Å². The monoisotopic (exact) mass is 503 g/mol. The molecule has 4 aromatic carbocycles. The van der Waals surface area contributed by atoms with E-state index in [1.807, 2.05) is 12.3 Å². The normalized spacial score (nSPS) is 14.9. The molecule has 0 spiro atoms. The Balaban J connectivity index is 1.44. The quantitative estimate of drug-likeness (QED) is 0.257. The van der Waals surface area contributed by atoms with Crippen LogP contribution >= 0.6 is 0 Å². The summed E-state index contributed by atoms with van der Waals surface area (Å²) in [5.74, 6) is 0.980. The van der Waals surface area contributed by atoms with Crippen molar-refractivity contribution < 1.29 is 4.42 Å². The van der Waals surface area contributed by atoms with Crippen molar-refractivity contribution in [3.8, 4) is 16.8 Å². The van der Waals surface area contributed by atoms with Crippen molar-refractivity contribution in [2.75, 3.05) is 0 Å². The van der Waals surface area contributed by atoms with E-state index in [1.54, 1.807) is 0 Å². The Bertz CT molecular complexity index is 2060. The van der Waals surface area contributed by atoms with E-state index in [0.717, 1.165) is 52.3 Å². The van der Waals surface area contributed by atoms with Crippen molar-refractivity contribution in [3.05, 3.63) is 114 Å². The van der Waals surface area contributed by atoms with Gasteiger partial charge >= 0.3 is 0 Å². The zero-order valence-corrected chi connectivity index (χ0v) is 21.3. The van der Waals surface area contributed by atoms with Crippen LogP contribution in [0.5, 0.6) is 0 Å². The van der Waals surface area contributed by atoms with Crippen LogP contribution in [0, 0.1) is 5.41 Å². The van der Waals surface area contributed by atoms with Crippen molar-refractivity contribution in [2.45, 2.75) is 19.3 Å². The molecule has 8 rings (SSSR count). The maximum Gasteiger partial charge on any atom is 0.137 e. The Hall–Kier alpha value is -4.96. The zero-order valence-electron chi connectivity index (χ0n) is 21.3. The van der Waals surface area contributed by atoms with E-state index in [9.17, 15) is 0 Å². The van der Waals surface area contributed by atoms with E-state index in [-0.39, 0.29) is 0 Å². The number of fused-ring (bicyclic) bond motifs is 7. The Labute approximate surface area is 225 Å². The molecule has 0 saturated heterocycles. The standard InChI is InChI=1S/C35H25N3O/c36-24-18-19-37-29(21-24)23-9-7-8-22(20-23)25-10-1-4-13-30(25)38-31-14-5-2-11-26(31)27-16-17-33-34(35(27)38)28-12-3-6-15-32(28)39-33/h1-2,4-11,13-17,19-21,36H,3,12,18H2. The summed E-state index contributed by atoms with van der Waals surface area (Å²) >= 11 is 0. The predicted octanol–water partition coefficient (Wildman–Crippen LogP) is 8.99. The molecule has 4 nitrogen and oxygen atoms in total. The molecule has 1 N–H and O–H groups in total. The van der Waals surface area contributed by atoms with Crippen LogP contribution < -0.4 is 0 Å². The van der Waals surface area contributed by atoms with Crippen LogP contribution in [0.25, 0.3) is 61.4 Å². The van der Waals surface area contributed by atoms with Gasteiger partial charge in [0.1, 0.15) is 11.3 Å². The van der Waals surface area contributed by atoms with Gasteiger partial charge in [0, 0.05) is 51.2 Å². The Morgan fingerprint density at radius 3 is 2.67 bits per heavy atom. The van der Waals surface area contributed by atoms with Crippen molar-refractivity contribution in [1.82, 2.24) is 4.57 Å². The fraction of sp³-hybridized carbons (Fsp3) is 0.0857. The summed E-state index contributed by atoms with van der Waals surface area (Å²) in [5.41, 5.74) is 10.4. The molecule has 1 aliphatic heterocycles. The van der Waals surface area contributed by atoms with Gasteiger partial charge in [0.15, 0.2) is 0 Å². The smallest absolute Gasteiger partial charge is 0.137 e. The molecule has 0 atom stereocenters. The van der Waals surface area contributed by atoms with Crippen LogP contribution in [0.4, 0.5) is 0 Å². The van der Waals surface area contributed by atoms with Crippen molar-refractivity contribution in [3.63, 3.8) is 0 Å². The minimum atomic E-state index is 0.582. The van der Waals surface area contributed by atoms with Crippen LogP contribution in [0.15, 0.2) is 106 Å². The van der Waals surface area contributed by atoms with Crippen LogP contribution in [0.3, 0.4) is 0 Å². The number of hydrogen-bond donors (Lipinski definition) is 1. The van der Waals surface area contributed by atoms with Crippen LogP contribution in [0.2, 0.25) is 0 Å². The topological polar surface area (TPSA) is 54.3 Å². The highest BCUT2D eigenvalue weighted by molar-refractivity contribution is 6.19. The van der Waals surface area contributed by atoms with Gasteiger partial charge in [0.25, 0.3) is 0 Å². The number of benzene rings is 4. The molecule has 0 fully saturated rings. The van der Waals surface area contributed by atoms with Crippen LogP contribution in [-0.4, -0.2) is 16.5 Å². The lowest BCUT2D eigenvalue weighted by Crippen LogP contribution is -2.00. The van der Waals surface area contributed by atoms with Crippen LogP contribution in [0.1, 0.15) is 29.7 Å². The molecule has 0 amide bonds. The number of aliphatic imine (C=N–C) groups is 1. The second-order valence-electron chi connectivity index (χ2n) is 10.2. The third-order valence-corrected chi connectivity index (χ3v) is 7.91. The number of allylic oxidation sites excluding steroid dienone is 2. The molecular formula is C35H25N3O. The summed E-state index contributed by atoms with van der Waals surface area (Å²) in [4.78, 5) is 4.58. The Morgan fingerprint density at radius 1 is 0.846 bits per heavy atom. The molecule has 2 aliphatic rings. The van der Waals surface area contributed by atoms with E-state index in [4.69, 9.17) is 9.83 Å². The fourth-order valence-corrected chi connectivity index (χ4v) is 6.19. The highest BCUT2D eigenvalue weighted by Gasteiger charge is 2.23. The van der Waals surface area contributed by atoms with Gasteiger partial charge in [0.05, 0.1) is 22.4 Å². The van der Waals surface area contributed by atoms with Gasteiger partial charge in [-0.2, -0.15) is 0 Å². The molecule has 0 saturated carbocycles. The predicted molar refractivity (Wildman–Crippen MR) is 162 cm³/mol. The number of aryl methyl sites for hydroxylation is 1. The largest absolute Gasteiger partial charge is 0.456 e. The lowest BCUT2D eigenvalue weighted by atomic mass is 9.98. The van der Waals surface area contributed by atoms with E-state index >= 15 is 0 Å². The third kappa shape index (κ3) is 3.38. The van der Waals surface area contributed by atoms with E-state index in [2.05, 4.69) is 107 Å². The third-order valence-electron chi connectivity index (χ3n) is 7.91. The van der Waals surface area contributed by atoms with Gasteiger partial charge in [-0.05, 0) is 60.9 Å². The average Bonchev–Trinajstić information content (AvgIpc) is 3.53. The summed E-state index contributed by atoms with van der Waals surface area (Å²) in [5, 5.41) is 11.8. The number of rotatable bonds is 3. The second kappa shape index (κ2) is 8.53. The average molecular weight is 504 g/mol. The first kappa shape index (κ1) is 22.1. The molecule has 6 aromatic rings. The van der Waals surface area contributed by atoms with Crippen LogP contribution in [-0.2, 0) is 6.42 Å². The highest BCUT2D eigenvalue weighted by atomic mass is 16.3. The summed E-state index contributed by atoms with van der Waals surface area (Å²) in [6, 6.07) is 30.2. The van der Waals surface area contributed by atoms with E-state index in [0.29, 0.717) is 12.1 Å². The molecule has 39 heavy (non-hydrogen) atoms. The first-order valence-electron chi connectivity index (χ1n) is 13.4. The molecule has 0 unspecified atom stereocenters. The van der Waals surface area contributed by atoms with E-state index in [1.165, 1.54) is 32.8 Å². The minimum absolute atomic E-state index is 0.582. The van der Waals surface area contributed by atoms with Crippen molar-refractivity contribution in [2.24, 2.45) is 4.99 Å². The summed E-state index contributed by atoms with van der Waals surface area (Å²) in [6.07, 6.45) is 10.6. The SMILES string of the molecule is N=C1C=C(c2cccc(-c3ccccc3-n3c4ccccc4c4ccc5oc6c(c5c43)CCC=C6)c2)N=CC1. The maximum atomic E-state index is 8.10. The number of nitrogens with zero attached hydrogens (tertiary/aromatic N) is 2. The van der Waals surface area contributed by atoms with Gasteiger partial charge in [0.2, 0.25) is 0 Å². The van der Waals surface area contributed by atoms with Gasteiger partial charge < -0.3 is 14.4 Å². The molecule has 0 bridgehead atoms. The minimum Gasteiger partial charge on any atom is -0.456 e. The molecule has 1 aliphatic carbocycles. The van der Waals surface area contributed by atoms with Gasteiger partial charge in [-0.15, -0.1) is 0 Å². The molecule has 2 aromatic heterocycles. The lowest BCUT2D eigenvalue weighted by Gasteiger charge is -2.16. The number of nitrogens with one attached hydrogen (secondary N) is 1. The molecule has 3 heterocycles. The molecule has 186 valence electrons. The number of hydrogen-bond acceptors (Lipinski definition) is 3. The first-order valence-corrected chi connectivity index (χ1v) is 13.4. The van der Waals surface area contributed by atoms with Gasteiger partial charge in [-0.1, -0.05) is 60.7 Å². The Morgan fingerprint density at radius 2 is 1.72 bits per heavy atom. The van der Waals surface area contributed by atoms with Gasteiger partial charge in [-0.3, -0.25) is 4.99 Å². The summed E-state index contributed by atoms with van der Waals surface area (Å²) < 4.78 is 8.78. The number of para-hydroxylation sites is 2. The van der Waals surface area contributed by atoms with Crippen molar-refractivity contribution >= 4 is 56.5 Å². The maximum absolute atomic E-state index is 8.10. The molecule has 4 heteroatoms. The first-order chi connectivity index (χ1) is 19.3. The number of furan rings is 1. The molecule has 0 radical (unpaired) electrons. The Kier molecular flexibility index (Phi) is 4.83. The summed E-state index contributed by atoms with van der Waals surface area (Å²) in [6.45, 7) is 0. The van der Waals surface area contributed by atoms with E-state index < -0.39 is 0 Å². The molecular weight excluding hydrogens is 478 g/mol. The summed E-state index contributed by atoms with van der Waals surface area (Å²) in [7, 11) is 0. The lowest BCUT2D eigenvalue weighted by molar-refractivity contribution is 0.595. The second-order valence-corrected chi connectivity index (χ2v) is 10.2. The number of aromatic nitrogens is 1. The zero-order chi connectivity index (χ0) is 25.9. The van der Waals surface area contributed by atoms with Gasteiger partial charge in [-0.25, -0.2) is 0 Å².